The summed E-state index contributed by atoms with van der Waals surface area (Å²) in [6.07, 6.45) is -1.17. The Kier molecular flexibility index (Phi) is 5.90. The number of methoxy groups -OCH3 is 1. The van der Waals surface area contributed by atoms with Gasteiger partial charge in [-0.15, -0.1) is 0 Å². The first-order valence-corrected chi connectivity index (χ1v) is 5.20. The van der Waals surface area contributed by atoms with Crippen LogP contribution in [0.3, 0.4) is 0 Å². The number of urea groups is 1. The van der Waals surface area contributed by atoms with Gasteiger partial charge in [0.15, 0.2) is 6.04 Å². The molecule has 0 aromatic rings. The summed E-state index contributed by atoms with van der Waals surface area (Å²) in [6, 6.07) is -2.00. The van der Waals surface area contributed by atoms with Crippen LogP contribution in [0.5, 0.6) is 0 Å². The Hall–Kier alpha value is -1.34. The Balaban J connectivity index is 4.21. The molecule has 0 radical (unpaired) electrons. The number of rotatable bonds is 6. The molecule has 0 aliphatic carbocycles. The zero-order chi connectivity index (χ0) is 13.6. The number of aliphatic hydroxyl groups is 1. The largest absolute Gasteiger partial charge is 0.480 e. The summed E-state index contributed by atoms with van der Waals surface area (Å²) < 4.78 is 5.08. The van der Waals surface area contributed by atoms with Crippen molar-refractivity contribution in [3.8, 4) is 0 Å². The van der Waals surface area contributed by atoms with Gasteiger partial charge in [-0.3, -0.25) is 0 Å². The van der Waals surface area contributed by atoms with Gasteiger partial charge in [0, 0.05) is 13.7 Å². The number of hydrogen-bond acceptors (Lipinski definition) is 4. The van der Waals surface area contributed by atoms with Gasteiger partial charge in [0.25, 0.3) is 0 Å². The number of carboxylic acids is 1. The van der Waals surface area contributed by atoms with Crippen LogP contribution in [0, 0.1) is 0 Å². The lowest BCUT2D eigenvalue weighted by Crippen LogP contribution is -2.53. The van der Waals surface area contributed by atoms with E-state index in [1.54, 1.807) is 13.8 Å². The number of nitrogens with one attached hydrogen (secondary N) is 2. The van der Waals surface area contributed by atoms with Crippen molar-refractivity contribution in [2.24, 2.45) is 0 Å². The van der Waals surface area contributed by atoms with E-state index >= 15 is 0 Å². The highest BCUT2D eigenvalue weighted by Crippen LogP contribution is 2.04. The number of hydrogen-bond donors (Lipinski definition) is 4. The zero-order valence-electron chi connectivity index (χ0n) is 10.5. The monoisotopic (exact) mass is 248 g/mol. The summed E-state index contributed by atoms with van der Waals surface area (Å²) in [5.41, 5.74) is -0.541. The van der Waals surface area contributed by atoms with Crippen LogP contribution < -0.4 is 10.6 Å². The molecular weight excluding hydrogens is 228 g/mol. The lowest BCUT2D eigenvalue weighted by molar-refractivity contribution is -0.141. The summed E-state index contributed by atoms with van der Waals surface area (Å²) in [5.74, 6) is -1.29. The third-order valence-electron chi connectivity index (χ3n) is 2.26. The molecule has 0 saturated carbocycles. The Bertz CT molecular complexity index is 278. The average molecular weight is 248 g/mol. The molecule has 2 atom stereocenters. The Morgan fingerprint density at radius 3 is 2.29 bits per heavy atom. The molecule has 0 spiro atoms. The Labute approximate surface area is 100 Å². The Morgan fingerprint density at radius 2 is 1.94 bits per heavy atom. The van der Waals surface area contributed by atoms with Gasteiger partial charge < -0.3 is 25.6 Å². The van der Waals surface area contributed by atoms with E-state index in [1.165, 1.54) is 14.0 Å². The molecular formula is C10H20N2O5. The van der Waals surface area contributed by atoms with E-state index in [0.29, 0.717) is 0 Å². The van der Waals surface area contributed by atoms with Gasteiger partial charge >= 0.3 is 12.0 Å². The SMILES string of the molecule is COC(C)(C)CNC(=O)N[C@H](C(=O)O)[C@@H](C)O. The molecule has 0 heterocycles. The van der Waals surface area contributed by atoms with Crippen LogP contribution in [0.2, 0.25) is 0 Å². The molecule has 0 fully saturated rings. The van der Waals surface area contributed by atoms with Gasteiger partial charge in [0.1, 0.15) is 0 Å². The van der Waals surface area contributed by atoms with Crippen molar-refractivity contribution in [1.29, 1.82) is 0 Å². The quantitative estimate of drug-likeness (QED) is 0.509. The second-order valence-electron chi connectivity index (χ2n) is 4.35. The van der Waals surface area contributed by atoms with Crippen molar-refractivity contribution in [3.63, 3.8) is 0 Å². The van der Waals surface area contributed by atoms with E-state index in [2.05, 4.69) is 10.6 Å². The minimum Gasteiger partial charge on any atom is -0.480 e. The predicted molar refractivity (Wildman–Crippen MR) is 60.7 cm³/mol. The molecule has 0 bridgehead atoms. The summed E-state index contributed by atoms with van der Waals surface area (Å²) in [7, 11) is 1.51. The van der Waals surface area contributed by atoms with Crippen molar-refractivity contribution in [2.45, 2.75) is 38.5 Å². The van der Waals surface area contributed by atoms with E-state index in [-0.39, 0.29) is 6.54 Å². The molecule has 0 saturated heterocycles. The van der Waals surface area contributed by atoms with Gasteiger partial charge in [-0.25, -0.2) is 9.59 Å². The molecule has 7 nitrogen and oxygen atoms in total. The first-order chi connectivity index (χ1) is 7.69. The van der Waals surface area contributed by atoms with Gasteiger partial charge in [-0.2, -0.15) is 0 Å². The molecule has 0 unspecified atom stereocenters. The molecule has 100 valence electrons. The van der Waals surface area contributed by atoms with Crippen LogP contribution in [-0.4, -0.2) is 53.6 Å². The topological polar surface area (TPSA) is 108 Å². The van der Waals surface area contributed by atoms with Gasteiger partial charge in [-0.1, -0.05) is 0 Å². The first-order valence-electron chi connectivity index (χ1n) is 5.20. The third kappa shape index (κ3) is 6.08. The van der Waals surface area contributed by atoms with Crippen molar-refractivity contribution in [2.75, 3.05) is 13.7 Å². The first kappa shape index (κ1) is 15.7. The molecule has 17 heavy (non-hydrogen) atoms. The molecule has 0 aliphatic rings. The lowest BCUT2D eigenvalue weighted by atomic mass is 10.1. The fourth-order valence-corrected chi connectivity index (χ4v) is 0.946. The van der Waals surface area contributed by atoms with Crippen LogP contribution in [-0.2, 0) is 9.53 Å². The second-order valence-corrected chi connectivity index (χ2v) is 4.35. The summed E-state index contributed by atoms with van der Waals surface area (Å²) in [5, 5.41) is 22.5. The summed E-state index contributed by atoms with van der Waals surface area (Å²) >= 11 is 0. The van der Waals surface area contributed by atoms with Crippen LogP contribution in [0.4, 0.5) is 4.79 Å². The van der Waals surface area contributed by atoms with Crippen molar-refractivity contribution >= 4 is 12.0 Å². The number of carbonyl (C=O) groups is 2. The fraction of sp³-hybridized carbons (Fsp3) is 0.800. The molecule has 7 heteroatoms. The number of aliphatic carboxylic acids is 1. The van der Waals surface area contributed by atoms with Crippen molar-refractivity contribution < 1.29 is 24.5 Å². The van der Waals surface area contributed by atoms with Gasteiger partial charge in [-0.05, 0) is 20.8 Å². The van der Waals surface area contributed by atoms with Gasteiger partial charge in [0.05, 0.1) is 11.7 Å². The van der Waals surface area contributed by atoms with E-state index < -0.39 is 29.7 Å². The second kappa shape index (κ2) is 6.41. The molecule has 0 aliphatic heterocycles. The maximum atomic E-state index is 11.4. The predicted octanol–water partition coefficient (Wildman–Crippen LogP) is -0.455. The molecule has 0 aromatic heterocycles. The van der Waals surface area contributed by atoms with Crippen LogP contribution in [0.25, 0.3) is 0 Å². The zero-order valence-corrected chi connectivity index (χ0v) is 10.5. The van der Waals surface area contributed by atoms with Crippen LogP contribution in [0.1, 0.15) is 20.8 Å². The molecule has 2 amide bonds. The highest BCUT2D eigenvalue weighted by atomic mass is 16.5. The number of aliphatic hydroxyl groups excluding tert-OH is 1. The standard InChI is InChI=1S/C10H20N2O5/c1-6(13)7(8(14)15)12-9(16)11-5-10(2,3)17-4/h6-7,13H,5H2,1-4H3,(H,14,15)(H2,11,12,16)/t6-,7+/m1/s1. The van der Waals surface area contributed by atoms with Crippen molar-refractivity contribution in [3.05, 3.63) is 0 Å². The minimum atomic E-state index is -1.33. The number of carbonyl (C=O) groups excluding carboxylic acids is 1. The minimum absolute atomic E-state index is 0.224. The highest BCUT2D eigenvalue weighted by Gasteiger charge is 2.25. The summed E-state index contributed by atoms with van der Waals surface area (Å²) in [6.45, 7) is 5.06. The summed E-state index contributed by atoms with van der Waals surface area (Å²) in [4.78, 5) is 22.1. The highest BCUT2D eigenvalue weighted by molar-refractivity contribution is 5.82. The van der Waals surface area contributed by atoms with E-state index in [4.69, 9.17) is 14.9 Å². The van der Waals surface area contributed by atoms with Crippen LogP contribution >= 0.6 is 0 Å². The van der Waals surface area contributed by atoms with Crippen molar-refractivity contribution in [1.82, 2.24) is 10.6 Å². The van der Waals surface area contributed by atoms with E-state index in [9.17, 15) is 9.59 Å². The normalized spacial score (nSPS) is 14.9. The van der Waals surface area contributed by atoms with Gasteiger partial charge in [0.2, 0.25) is 0 Å². The number of amides is 2. The third-order valence-corrected chi connectivity index (χ3v) is 2.26. The van der Waals surface area contributed by atoms with E-state index in [1.807, 2.05) is 0 Å². The lowest BCUT2D eigenvalue weighted by Gasteiger charge is -2.24. The van der Waals surface area contributed by atoms with Crippen LogP contribution in [0.15, 0.2) is 0 Å². The average Bonchev–Trinajstić information content (AvgIpc) is 2.22. The number of ether oxygens (including phenoxy) is 1. The Morgan fingerprint density at radius 1 is 1.41 bits per heavy atom. The maximum Gasteiger partial charge on any atom is 0.328 e. The molecule has 4 N–H and O–H groups in total. The molecule has 0 aromatic carbocycles. The molecule has 0 rings (SSSR count). The fourth-order valence-electron chi connectivity index (χ4n) is 0.946. The maximum absolute atomic E-state index is 11.4. The number of carboxylic acid groups (broad SMARTS) is 1. The van der Waals surface area contributed by atoms with E-state index in [0.717, 1.165) is 0 Å². The smallest absolute Gasteiger partial charge is 0.328 e.